The summed E-state index contributed by atoms with van der Waals surface area (Å²) in [6.45, 7) is 0.820. The van der Waals surface area contributed by atoms with E-state index in [1.165, 1.54) is 12.8 Å². The summed E-state index contributed by atoms with van der Waals surface area (Å²) in [5.41, 5.74) is 1.91. The molecule has 3 aromatic rings. The molecule has 1 N–H and O–H groups in total. The second-order valence-corrected chi connectivity index (χ2v) is 8.03. The molecule has 3 aromatic heterocycles. The SMILES string of the molecule is CN(Cc1cnccn1)SCC1CC(N(C)c2ncnc3[nH]ccc23)C1. The molecule has 26 heavy (non-hydrogen) atoms. The van der Waals surface area contributed by atoms with Gasteiger partial charge in [0.1, 0.15) is 17.8 Å². The molecule has 3 heterocycles. The van der Waals surface area contributed by atoms with E-state index < -0.39 is 0 Å². The number of hydrogen-bond donors (Lipinski definition) is 1. The normalized spacial score (nSPS) is 19.7. The smallest absolute Gasteiger partial charge is 0.142 e. The van der Waals surface area contributed by atoms with Crippen molar-refractivity contribution in [2.24, 2.45) is 5.92 Å². The minimum atomic E-state index is 0.555. The van der Waals surface area contributed by atoms with E-state index in [4.69, 9.17) is 0 Å². The van der Waals surface area contributed by atoms with Crippen LogP contribution < -0.4 is 4.90 Å². The summed E-state index contributed by atoms with van der Waals surface area (Å²) in [5, 5.41) is 1.09. The van der Waals surface area contributed by atoms with Crippen molar-refractivity contribution in [1.29, 1.82) is 0 Å². The molecular formula is C18H23N7S. The predicted octanol–water partition coefficient (Wildman–Crippen LogP) is 2.74. The fourth-order valence-corrected chi connectivity index (χ4v) is 4.34. The van der Waals surface area contributed by atoms with E-state index in [2.05, 4.69) is 54.3 Å². The number of nitrogens with one attached hydrogen (secondary N) is 1. The van der Waals surface area contributed by atoms with Crippen LogP contribution in [-0.2, 0) is 6.54 Å². The van der Waals surface area contributed by atoms with Gasteiger partial charge in [0, 0.05) is 43.6 Å². The van der Waals surface area contributed by atoms with E-state index in [-0.39, 0.29) is 0 Å². The second kappa shape index (κ2) is 7.59. The van der Waals surface area contributed by atoms with Gasteiger partial charge in [-0.3, -0.25) is 9.97 Å². The Hall–Kier alpha value is -2.19. The zero-order valence-electron chi connectivity index (χ0n) is 15.0. The molecule has 7 nitrogen and oxygen atoms in total. The number of anilines is 1. The van der Waals surface area contributed by atoms with Gasteiger partial charge in [0.2, 0.25) is 0 Å². The molecule has 0 amide bonds. The van der Waals surface area contributed by atoms with Crippen LogP contribution in [0.25, 0.3) is 11.0 Å². The standard InChI is InChI=1S/C18H23N7S/c1-24(10-14-9-19-5-6-20-14)26-11-13-7-15(8-13)25(2)18-16-3-4-21-17(16)22-12-23-18/h3-6,9,12-13,15H,7-8,10-11H2,1-2H3,(H,21,22,23). The number of nitrogens with zero attached hydrogens (tertiary/aromatic N) is 6. The van der Waals surface area contributed by atoms with Crippen molar-refractivity contribution in [3.05, 3.63) is 42.9 Å². The third-order valence-electron chi connectivity index (χ3n) is 4.96. The Bertz CT molecular complexity index is 847. The van der Waals surface area contributed by atoms with Crippen LogP contribution in [0.3, 0.4) is 0 Å². The fourth-order valence-electron chi connectivity index (χ4n) is 3.38. The van der Waals surface area contributed by atoms with Crippen molar-refractivity contribution in [2.75, 3.05) is 24.7 Å². The zero-order chi connectivity index (χ0) is 17.9. The summed E-state index contributed by atoms with van der Waals surface area (Å²) >= 11 is 1.89. The zero-order valence-corrected chi connectivity index (χ0v) is 15.9. The molecule has 0 unspecified atom stereocenters. The summed E-state index contributed by atoms with van der Waals surface area (Å²) in [7, 11) is 4.26. The Balaban J connectivity index is 1.26. The first-order chi connectivity index (χ1) is 12.7. The summed E-state index contributed by atoms with van der Waals surface area (Å²) < 4.78 is 2.24. The van der Waals surface area contributed by atoms with Gasteiger partial charge in [0.05, 0.1) is 17.6 Å². The lowest BCUT2D eigenvalue weighted by atomic mass is 9.81. The molecular weight excluding hydrogens is 346 g/mol. The second-order valence-electron chi connectivity index (χ2n) is 6.82. The molecule has 8 heteroatoms. The van der Waals surface area contributed by atoms with E-state index in [0.29, 0.717) is 6.04 Å². The molecule has 0 saturated heterocycles. The molecule has 0 aromatic carbocycles. The summed E-state index contributed by atoms with van der Waals surface area (Å²) in [6, 6.07) is 2.60. The van der Waals surface area contributed by atoms with Crippen LogP contribution >= 0.6 is 11.9 Å². The van der Waals surface area contributed by atoms with Gasteiger partial charge >= 0.3 is 0 Å². The Morgan fingerprint density at radius 3 is 2.88 bits per heavy atom. The number of H-pyrrole nitrogens is 1. The Labute approximate surface area is 157 Å². The molecule has 0 aliphatic heterocycles. The average molecular weight is 369 g/mol. The Morgan fingerprint density at radius 1 is 1.19 bits per heavy atom. The first kappa shape index (κ1) is 17.2. The molecule has 1 fully saturated rings. The molecule has 1 saturated carbocycles. The number of aromatic nitrogens is 5. The van der Waals surface area contributed by atoms with Crippen LogP contribution in [0.5, 0.6) is 0 Å². The van der Waals surface area contributed by atoms with E-state index in [1.54, 1.807) is 18.7 Å². The lowest BCUT2D eigenvalue weighted by Crippen LogP contribution is -2.44. The molecule has 0 radical (unpaired) electrons. The highest BCUT2D eigenvalue weighted by atomic mass is 32.2. The van der Waals surface area contributed by atoms with Crippen LogP contribution in [0.15, 0.2) is 37.2 Å². The Kier molecular flexibility index (Phi) is 5.03. The van der Waals surface area contributed by atoms with Gasteiger partial charge in [0.25, 0.3) is 0 Å². The summed E-state index contributed by atoms with van der Waals surface area (Å²) in [5.74, 6) is 2.91. The van der Waals surface area contributed by atoms with Crippen molar-refractivity contribution in [2.45, 2.75) is 25.4 Å². The van der Waals surface area contributed by atoms with Gasteiger partial charge in [0.15, 0.2) is 0 Å². The van der Waals surface area contributed by atoms with Crippen LogP contribution in [0, 0.1) is 5.92 Å². The monoisotopic (exact) mass is 369 g/mol. The molecule has 0 bridgehead atoms. The quantitative estimate of drug-likeness (QED) is 0.642. The van der Waals surface area contributed by atoms with Gasteiger partial charge in [-0.05, 0) is 31.9 Å². The molecule has 1 aliphatic rings. The van der Waals surface area contributed by atoms with Gasteiger partial charge < -0.3 is 9.88 Å². The van der Waals surface area contributed by atoms with E-state index in [0.717, 1.165) is 40.8 Å². The summed E-state index contributed by atoms with van der Waals surface area (Å²) in [4.78, 5) is 22.7. The molecule has 0 atom stereocenters. The number of aromatic amines is 1. The predicted molar refractivity (Wildman–Crippen MR) is 105 cm³/mol. The fraction of sp³-hybridized carbons (Fsp3) is 0.444. The highest BCUT2D eigenvalue weighted by molar-refractivity contribution is 7.96. The van der Waals surface area contributed by atoms with E-state index in [9.17, 15) is 0 Å². The number of fused-ring (bicyclic) bond motifs is 1. The largest absolute Gasteiger partial charge is 0.356 e. The van der Waals surface area contributed by atoms with Crippen molar-refractivity contribution in [1.82, 2.24) is 29.2 Å². The minimum absolute atomic E-state index is 0.555. The van der Waals surface area contributed by atoms with Crippen molar-refractivity contribution < 1.29 is 0 Å². The van der Waals surface area contributed by atoms with Crippen molar-refractivity contribution >= 4 is 28.8 Å². The lowest BCUT2D eigenvalue weighted by Gasteiger charge is -2.42. The molecule has 1 aliphatic carbocycles. The van der Waals surface area contributed by atoms with Gasteiger partial charge in [-0.25, -0.2) is 14.3 Å². The van der Waals surface area contributed by atoms with E-state index >= 15 is 0 Å². The maximum Gasteiger partial charge on any atom is 0.142 e. The lowest BCUT2D eigenvalue weighted by molar-refractivity contribution is 0.284. The highest BCUT2D eigenvalue weighted by Gasteiger charge is 2.33. The van der Waals surface area contributed by atoms with Crippen LogP contribution in [0.2, 0.25) is 0 Å². The van der Waals surface area contributed by atoms with Crippen molar-refractivity contribution in [3.63, 3.8) is 0 Å². The molecule has 136 valence electrons. The molecule has 4 rings (SSSR count). The summed E-state index contributed by atoms with van der Waals surface area (Å²) in [6.07, 6.45) is 11.3. The maximum atomic E-state index is 4.50. The highest BCUT2D eigenvalue weighted by Crippen LogP contribution is 2.37. The third kappa shape index (κ3) is 3.66. The maximum absolute atomic E-state index is 4.50. The van der Waals surface area contributed by atoms with Crippen LogP contribution in [0.4, 0.5) is 5.82 Å². The van der Waals surface area contributed by atoms with Gasteiger partial charge in [-0.15, -0.1) is 0 Å². The number of hydrogen-bond acceptors (Lipinski definition) is 7. The Morgan fingerprint density at radius 2 is 2.08 bits per heavy atom. The first-order valence-electron chi connectivity index (χ1n) is 8.80. The molecule has 0 spiro atoms. The minimum Gasteiger partial charge on any atom is -0.356 e. The van der Waals surface area contributed by atoms with Crippen molar-refractivity contribution in [3.8, 4) is 0 Å². The topological polar surface area (TPSA) is 73.8 Å². The van der Waals surface area contributed by atoms with Gasteiger partial charge in [-0.2, -0.15) is 0 Å². The van der Waals surface area contributed by atoms with Gasteiger partial charge in [-0.1, -0.05) is 11.9 Å². The van der Waals surface area contributed by atoms with Crippen LogP contribution in [0.1, 0.15) is 18.5 Å². The average Bonchev–Trinajstić information content (AvgIpc) is 3.09. The third-order valence-corrected chi connectivity index (χ3v) is 6.15. The number of rotatable bonds is 7. The van der Waals surface area contributed by atoms with E-state index in [1.807, 2.05) is 24.3 Å². The first-order valence-corrected chi connectivity index (χ1v) is 9.75. The van der Waals surface area contributed by atoms with Crippen LogP contribution in [-0.4, -0.2) is 55.1 Å².